The first kappa shape index (κ1) is 8.58. The van der Waals surface area contributed by atoms with E-state index in [4.69, 9.17) is 0 Å². The van der Waals surface area contributed by atoms with Crippen molar-refractivity contribution in [2.45, 2.75) is 40.0 Å². The third-order valence-corrected chi connectivity index (χ3v) is 2.48. The zero-order valence-corrected chi connectivity index (χ0v) is 7.85. The van der Waals surface area contributed by atoms with Gasteiger partial charge in [0.25, 0.3) is 0 Å². The fraction of sp³-hybridized carbons (Fsp3) is 0.636. The Bertz CT molecular complexity index is 164. The second-order valence-corrected chi connectivity index (χ2v) is 3.16. The number of hydrogen-bond acceptors (Lipinski definition) is 0. The van der Waals surface area contributed by atoms with E-state index in [9.17, 15) is 0 Å². The van der Waals surface area contributed by atoms with Crippen LogP contribution in [0.2, 0.25) is 0 Å². The van der Waals surface area contributed by atoms with Crippen molar-refractivity contribution in [2.24, 2.45) is 5.92 Å². The Hall–Kier alpha value is -0.520. The molecule has 0 amide bonds. The molecule has 0 aliphatic heterocycles. The first-order chi connectivity index (χ1) is 5.31. The molecule has 0 N–H and O–H groups in total. The van der Waals surface area contributed by atoms with Crippen LogP contribution in [0.3, 0.4) is 0 Å². The van der Waals surface area contributed by atoms with Crippen molar-refractivity contribution in [3.05, 3.63) is 23.3 Å². The van der Waals surface area contributed by atoms with E-state index in [1.807, 2.05) is 0 Å². The molecule has 0 spiro atoms. The van der Waals surface area contributed by atoms with Gasteiger partial charge in [0.1, 0.15) is 0 Å². The van der Waals surface area contributed by atoms with Gasteiger partial charge in [0.05, 0.1) is 0 Å². The fourth-order valence-corrected chi connectivity index (χ4v) is 1.70. The molecular formula is C11H18. The molecule has 0 saturated carbocycles. The Balaban J connectivity index is 2.71. The van der Waals surface area contributed by atoms with Gasteiger partial charge in [0.15, 0.2) is 0 Å². The monoisotopic (exact) mass is 150 g/mol. The highest BCUT2D eigenvalue weighted by atomic mass is 14.2. The molecule has 0 nitrogen and oxygen atoms in total. The maximum Gasteiger partial charge on any atom is -0.00443 e. The van der Waals surface area contributed by atoms with Gasteiger partial charge in [-0.2, -0.15) is 0 Å². The van der Waals surface area contributed by atoms with Gasteiger partial charge in [-0.05, 0) is 36.3 Å². The maximum absolute atomic E-state index is 2.43. The predicted octanol–water partition coefficient (Wildman–Crippen LogP) is 3.70. The van der Waals surface area contributed by atoms with Crippen LogP contribution in [0.5, 0.6) is 0 Å². The van der Waals surface area contributed by atoms with Crippen LogP contribution in [0.1, 0.15) is 40.0 Å². The quantitative estimate of drug-likeness (QED) is 0.575. The summed E-state index contributed by atoms with van der Waals surface area (Å²) < 4.78 is 0. The zero-order chi connectivity index (χ0) is 8.27. The van der Waals surface area contributed by atoms with Gasteiger partial charge in [0.2, 0.25) is 0 Å². The van der Waals surface area contributed by atoms with Crippen LogP contribution >= 0.6 is 0 Å². The lowest BCUT2D eigenvalue weighted by molar-refractivity contribution is 0.779. The molecule has 0 atom stereocenters. The number of rotatable bonds is 3. The third-order valence-electron chi connectivity index (χ3n) is 2.48. The van der Waals surface area contributed by atoms with Crippen molar-refractivity contribution in [1.82, 2.24) is 0 Å². The largest absolute Gasteiger partial charge is 0.0741 e. The molecule has 0 aromatic heterocycles. The lowest BCUT2D eigenvalue weighted by Crippen LogP contribution is -1.82. The highest BCUT2D eigenvalue weighted by Gasteiger charge is 2.12. The fourth-order valence-electron chi connectivity index (χ4n) is 1.70. The number of allylic oxidation sites excluding steroid dienone is 4. The van der Waals surface area contributed by atoms with Crippen molar-refractivity contribution in [1.29, 1.82) is 0 Å². The smallest absolute Gasteiger partial charge is 0.00443 e. The van der Waals surface area contributed by atoms with Crippen LogP contribution in [0.4, 0.5) is 0 Å². The molecule has 0 unspecified atom stereocenters. The third kappa shape index (κ3) is 1.74. The first-order valence-electron chi connectivity index (χ1n) is 4.73. The Labute approximate surface area is 70.0 Å². The number of hydrogen-bond donors (Lipinski definition) is 0. The summed E-state index contributed by atoms with van der Waals surface area (Å²) in [6.45, 7) is 6.74. The van der Waals surface area contributed by atoms with Gasteiger partial charge in [-0.15, -0.1) is 0 Å². The van der Waals surface area contributed by atoms with Gasteiger partial charge < -0.3 is 0 Å². The molecule has 0 radical (unpaired) electrons. The molecule has 11 heavy (non-hydrogen) atoms. The average molecular weight is 150 g/mol. The van der Waals surface area contributed by atoms with Crippen molar-refractivity contribution >= 4 is 0 Å². The molecule has 0 heterocycles. The molecule has 1 aliphatic carbocycles. The van der Waals surface area contributed by atoms with Crippen molar-refractivity contribution in [2.75, 3.05) is 0 Å². The lowest BCUT2D eigenvalue weighted by atomic mass is 10.1. The zero-order valence-electron chi connectivity index (χ0n) is 7.85. The summed E-state index contributed by atoms with van der Waals surface area (Å²) in [4.78, 5) is 0. The van der Waals surface area contributed by atoms with Crippen molar-refractivity contribution in [3.8, 4) is 0 Å². The molecule has 0 saturated heterocycles. The lowest BCUT2D eigenvalue weighted by Gasteiger charge is -2.00. The summed E-state index contributed by atoms with van der Waals surface area (Å²) in [5.74, 6) is 0.736. The molecule has 1 rings (SSSR count). The van der Waals surface area contributed by atoms with Gasteiger partial charge in [-0.25, -0.2) is 0 Å². The van der Waals surface area contributed by atoms with E-state index < -0.39 is 0 Å². The Kier molecular flexibility index (Phi) is 2.92. The molecule has 62 valence electrons. The van der Waals surface area contributed by atoms with E-state index in [0.717, 1.165) is 5.92 Å². The van der Waals surface area contributed by atoms with Crippen LogP contribution in [0, 0.1) is 5.92 Å². The van der Waals surface area contributed by atoms with E-state index >= 15 is 0 Å². The van der Waals surface area contributed by atoms with Gasteiger partial charge in [0, 0.05) is 0 Å². The summed E-state index contributed by atoms with van der Waals surface area (Å²) >= 11 is 0. The minimum atomic E-state index is 0.736. The summed E-state index contributed by atoms with van der Waals surface area (Å²) in [6, 6.07) is 0. The van der Waals surface area contributed by atoms with Gasteiger partial charge >= 0.3 is 0 Å². The van der Waals surface area contributed by atoms with Crippen LogP contribution in [-0.2, 0) is 0 Å². The standard InChI is InChI=1S/C11H18/c1-4-9-7-10(5-2)11(6-3)8-9/h7-9H,4-6H2,1-3H3. The SMILES string of the molecule is CCC1=CC(CC)C=C1CC. The normalized spacial score (nSPS) is 18.5. The second-order valence-electron chi connectivity index (χ2n) is 3.16. The molecule has 0 aromatic rings. The summed E-state index contributed by atoms with van der Waals surface area (Å²) in [5.41, 5.74) is 3.17. The predicted molar refractivity (Wildman–Crippen MR) is 50.5 cm³/mol. The maximum atomic E-state index is 2.43. The van der Waals surface area contributed by atoms with E-state index in [1.165, 1.54) is 19.3 Å². The average Bonchev–Trinajstić information content (AvgIpc) is 2.46. The molecule has 0 aromatic carbocycles. The summed E-state index contributed by atoms with van der Waals surface area (Å²) in [7, 11) is 0. The molecule has 1 aliphatic rings. The molecule has 0 heteroatoms. The van der Waals surface area contributed by atoms with E-state index in [1.54, 1.807) is 11.1 Å². The van der Waals surface area contributed by atoms with Crippen LogP contribution < -0.4 is 0 Å². The van der Waals surface area contributed by atoms with Crippen LogP contribution in [0.15, 0.2) is 23.3 Å². The molecular weight excluding hydrogens is 132 g/mol. The Morgan fingerprint density at radius 3 is 1.73 bits per heavy atom. The van der Waals surface area contributed by atoms with Crippen molar-refractivity contribution < 1.29 is 0 Å². The van der Waals surface area contributed by atoms with Crippen molar-refractivity contribution in [3.63, 3.8) is 0 Å². The Morgan fingerprint density at radius 1 is 1.00 bits per heavy atom. The summed E-state index contributed by atoms with van der Waals surface area (Å²) in [6.07, 6.45) is 8.52. The Morgan fingerprint density at radius 2 is 1.45 bits per heavy atom. The van der Waals surface area contributed by atoms with Crippen LogP contribution in [-0.4, -0.2) is 0 Å². The first-order valence-corrected chi connectivity index (χ1v) is 4.73. The van der Waals surface area contributed by atoms with E-state index in [2.05, 4.69) is 32.9 Å². The summed E-state index contributed by atoms with van der Waals surface area (Å²) in [5, 5.41) is 0. The van der Waals surface area contributed by atoms with Gasteiger partial charge in [-0.1, -0.05) is 32.9 Å². The second kappa shape index (κ2) is 3.75. The molecule has 0 bridgehead atoms. The van der Waals surface area contributed by atoms with Crippen LogP contribution in [0.25, 0.3) is 0 Å². The van der Waals surface area contributed by atoms with Gasteiger partial charge in [-0.3, -0.25) is 0 Å². The minimum Gasteiger partial charge on any atom is -0.0741 e. The highest BCUT2D eigenvalue weighted by molar-refractivity contribution is 5.38. The highest BCUT2D eigenvalue weighted by Crippen LogP contribution is 2.29. The van der Waals surface area contributed by atoms with E-state index in [0.29, 0.717) is 0 Å². The molecule has 0 fully saturated rings. The topological polar surface area (TPSA) is 0 Å². The van der Waals surface area contributed by atoms with E-state index in [-0.39, 0.29) is 0 Å². The minimum absolute atomic E-state index is 0.736.